The highest BCUT2D eigenvalue weighted by atomic mass is 32.2. The number of hydrogen-bond acceptors (Lipinski definition) is 11. The minimum Gasteiger partial charge on any atom is -0.467 e. The quantitative estimate of drug-likeness (QED) is 0.109. The molecule has 50 heavy (non-hydrogen) atoms. The molecule has 0 aliphatic carbocycles. The van der Waals surface area contributed by atoms with E-state index in [4.69, 9.17) is 9.47 Å². The van der Waals surface area contributed by atoms with Crippen LogP contribution >= 0.6 is 0 Å². The van der Waals surface area contributed by atoms with Crippen LogP contribution in [0.25, 0.3) is 0 Å². The number of sulfonamides is 1. The number of carbonyl (C=O) groups is 2. The number of β-lactam (4-membered cyclic amide) rings is 1. The molecule has 2 aliphatic rings. The maximum absolute atomic E-state index is 13.6. The Balaban J connectivity index is 1.35. The van der Waals surface area contributed by atoms with Gasteiger partial charge in [0.25, 0.3) is 0 Å². The van der Waals surface area contributed by atoms with E-state index in [0.29, 0.717) is 28.8 Å². The van der Waals surface area contributed by atoms with Crippen LogP contribution in [0.3, 0.4) is 0 Å². The number of esters is 1. The molecule has 3 aromatic rings. The van der Waals surface area contributed by atoms with Gasteiger partial charge in [-0.15, -0.1) is 0 Å². The Morgan fingerprint density at radius 3 is 2.28 bits per heavy atom. The van der Waals surface area contributed by atoms with Gasteiger partial charge in [0.05, 0.1) is 38.0 Å². The fourth-order valence-corrected chi connectivity index (χ4v) is 6.18. The standard InChI is InChI=1S/C35H37FN2O11S/c1-47-34(44)32-30(41)29(40)31(42)35(49-32)48-25-15-9-22(10-16-25)28-26(17-18-27(39)21-7-11-23(36)12-8-21)33(43)38(28)24-13-5-20(6-14-24)4-3-19-37-50(2,45)46/h5-16,26-32,35,37,39-42H,17-19H2,1-2H3/t26-,27+,28-,29+,30+,31-,32+,35-/m1/s1. The van der Waals surface area contributed by atoms with Crippen molar-refractivity contribution in [1.29, 1.82) is 0 Å². The number of aliphatic hydroxyl groups is 4. The fourth-order valence-electron chi connectivity index (χ4n) is 5.84. The number of carbonyl (C=O) groups excluding carboxylic acids is 2. The van der Waals surface area contributed by atoms with Gasteiger partial charge in [-0.25, -0.2) is 22.3 Å². The molecule has 8 atom stereocenters. The number of nitrogens with one attached hydrogen (secondary N) is 1. The monoisotopic (exact) mass is 712 g/mol. The van der Waals surface area contributed by atoms with Gasteiger partial charge in [-0.3, -0.25) is 4.79 Å². The van der Waals surface area contributed by atoms with Crippen molar-refractivity contribution in [3.05, 3.63) is 95.3 Å². The van der Waals surface area contributed by atoms with Crippen LogP contribution in [0.5, 0.6) is 5.75 Å². The minimum atomic E-state index is -3.38. The summed E-state index contributed by atoms with van der Waals surface area (Å²) in [5, 5.41) is 41.6. The summed E-state index contributed by atoms with van der Waals surface area (Å²) < 4.78 is 54.0. The summed E-state index contributed by atoms with van der Waals surface area (Å²) in [6, 6.07) is 18.4. The van der Waals surface area contributed by atoms with Crippen LogP contribution in [0.4, 0.5) is 10.1 Å². The topological polar surface area (TPSA) is 192 Å². The van der Waals surface area contributed by atoms with E-state index in [1.54, 1.807) is 53.4 Å². The largest absolute Gasteiger partial charge is 0.467 e. The smallest absolute Gasteiger partial charge is 0.337 e. The number of ether oxygens (including phenoxy) is 3. The molecule has 2 aliphatic heterocycles. The number of halogens is 1. The zero-order valence-corrected chi connectivity index (χ0v) is 27.9. The number of aliphatic hydroxyl groups excluding tert-OH is 4. The van der Waals surface area contributed by atoms with Crippen LogP contribution in [0.1, 0.15) is 41.7 Å². The molecule has 0 aromatic heterocycles. The first-order valence-electron chi connectivity index (χ1n) is 15.6. The van der Waals surface area contributed by atoms with Crippen LogP contribution in [-0.2, 0) is 29.1 Å². The van der Waals surface area contributed by atoms with Crippen molar-refractivity contribution in [3.8, 4) is 17.6 Å². The summed E-state index contributed by atoms with van der Waals surface area (Å²) >= 11 is 0. The van der Waals surface area contributed by atoms with Crippen LogP contribution in [0.15, 0.2) is 72.8 Å². The average molecular weight is 713 g/mol. The number of amides is 1. The SMILES string of the molecule is COC(=O)[C@H]1O[C@@H](Oc2ccc([C@@H]3[C@@H](CC[C@H](O)c4ccc(F)cc4)C(=O)N3c3ccc(C#CCNS(C)(=O)=O)cc3)cc2)[C@H](O)[C@@H](O)[C@@H]1O. The molecule has 2 saturated heterocycles. The Morgan fingerprint density at radius 1 is 1.00 bits per heavy atom. The van der Waals surface area contributed by atoms with Crippen molar-refractivity contribution in [3.63, 3.8) is 0 Å². The molecule has 0 radical (unpaired) electrons. The van der Waals surface area contributed by atoms with Gasteiger partial charge in [0.15, 0.2) is 6.10 Å². The van der Waals surface area contributed by atoms with Gasteiger partial charge < -0.3 is 39.5 Å². The maximum Gasteiger partial charge on any atom is 0.337 e. The lowest BCUT2D eigenvalue weighted by molar-refractivity contribution is -0.271. The summed E-state index contributed by atoms with van der Waals surface area (Å²) in [6.07, 6.45) is -7.63. The minimum absolute atomic E-state index is 0.0569. The predicted octanol–water partition coefficient (Wildman–Crippen LogP) is 1.30. The highest BCUT2D eigenvalue weighted by Gasteiger charge is 2.50. The second-order valence-corrected chi connectivity index (χ2v) is 13.8. The van der Waals surface area contributed by atoms with Crippen LogP contribution in [0.2, 0.25) is 0 Å². The molecular formula is C35H37FN2O11S. The van der Waals surface area contributed by atoms with Gasteiger partial charge in [-0.2, -0.15) is 0 Å². The molecule has 266 valence electrons. The molecule has 0 unspecified atom stereocenters. The highest BCUT2D eigenvalue weighted by molar-refractivity contribution is 7.88. The summed E-state index contributed by atoms with van der Waals surface area (Å²) in [7, 11) is -2.29. The zero-order valence-electron chi connectivity index (χ0n) is 27.0. The third kappa shape index (κ3) is 8.48. The number of hydrogen-bond donors (Lipinski definition) is 5. The second kappa shape index (κ2) is 15.7. The molecular weight excluding hydrogens is 675 g/mol. The van der Waals surface area contributed by atoms with Crippen molar-refractivity contribution in [1.82, 2.24) is 4.72 Å². The maximum atomic E-state index is 13.6. The molecule has 0 bridgehead atoms. The Hall–Kier alpha value is -4.40. The van der Waals surface area contributed by atoms with E-state index in [1.165, 1.54) is 24.3 Å². The van der Waals surface area contributed by atoms with E-state index in [0.717, 1.165) is 13.4 Å². The van der Waals surface area contributed by atoms with E-state index in [9.17, 15) is 42.8 Å². The molecule has 5 N–H and O–H groups in total. The fraction of sp³-hybridized carbons (Fsp3) is 0.371. The van der Waals surface area contributed by atoms with Gasteiger partial charge in [-0.05, 0) is 72.5 Å². The first-order chi connectivity index (χ1) is 23.8. The van der Waals surface area contributed by atoms with E-state index < -0.39 is 70.6 Å². The van der Waals surface area contributed by atoms with Crippen molar-refractivity contribution in [2.24, 2.45) is 5.92 Å². The molecule has 2 heterocycles. The summed E-state index contributed by atoms with van der Waals surface area (Å²) in [5.41, 5.74) is 2.42. The second-order valence-electron chi connectivity index (χ2n) is 12.0. The average Bonchev–Trinajstić information content (AvgIpc) is 3.09. The highest BCUT2D eigenvalue weighted by Crippen LogP contribution is 2.46. The Bertz CT molecular complexity index is 1830. The molecule has 13 nitrogen and oxygen atoms in total. The lowest BCUT2D eigenvalue weighted by atomic mass is 9.78. The van der Waals surface area contributed by atoms with E-state index in [2.05, 4.69) is 21.3 Å². The zero-order chi connectivity index (χ0) is 36.2. The lowest BCUT2D eigenvalue weighted by Gasteiger charge is -2.48. The normalized spacial score (nSPS) is 25.5. The molecule has 0 saturated carbocycles. The first-order valence-corrected chi connectivity index (χ1v) is 17.5. The van der Waals surface area contributed by atoms with Crippen molar-refractivity contribution in [2.75, 3.05) is 24.8 Å². The van der Waals surface area contributed by atoms with Crippen molar-refractivity contribution in [2.45, 2.75) is 55.7 Å². The van der Waals surface area contributed by atoms with Crippen molar-refractivity contribution < 1.29 is 57.0 Å². The lowest BCUT2D eigenvalue weighted by Crippen LogP contribution is -2.61. The first kappa shape index (κ1) is 36.9. The number of anilines is 1. The van der Waals surface area contributed by atoms with E-state index in [1.807, 2.05) is 0 Å². The third-order valence-corrected chi connectivity index (χ3v) is 9.17. The van der Waals surface area contributed by atoms with Crippen LogP contribution in [-0.4, -0.2) is 91.3 Å². The Kier molecular flexibility index (Phi) is 11.5. The van der Waals surface area contributed by atoms with Crippen LogP contribution < -0.4 is 14.4 Å². The molecule has 5 rings (SSSR count). The number of methoxy groups -OCH3 is 1. The summed E-state index contributed by atoms with van der Waals surface area (Å²) in [6.45, 7) is -0.0569. The number of nitrogens with zero attached hydrogens (tertiary/aromatic N) is 1. The summed E-state index contributed by atoms with van der Waals surface area (Å²) in [4.78, 5) is 27.3. The van der Waals surface area contributed by atoms with Gasteiger partial charge >= 0.3 is 5.97 Å². The van der Waals surface area contributed by atoms with Gasteiger partial charge in [0.1, 0.15) is 29.9 Å². The Labute approximate surface area is 288 Å². The summed E-state index contributed by atoms with van der Waals surface area (Å²) in [5.74, 6) is 3.69. The molecule has 3 aromatic carbocycles. The van der Waals surface area contributed by atoms with Crippen molar-refractivity contribution >= 4 is 27.6 Å². The van der Waals surface area contributed by atoms with Crippen LogP contribution in [0, 0.1) is 23.6 Å². The van der Waals surface area contributed by atoms with Gasteiger partial charge in [0, 0.05) is 11.3 Å². The number of rotatable bonds is 11. The van der Waals surface area contributed by atoms with E-state index >= 15 is 0 Å². The van der Waals surface area contributed by atoms with Gasteiger partial charge in [-0.1, -0.05) is 36.1 Å². The molecule has 2 fully saturated rings. The van der Waals surface area contributed by atoms with E-state index in [-0.39, 0.29) is 24.6 Å². The number of benzene rings is 3. The third-order valence-electron chi connectivity index (χ3n) is 8.50. The predicted molar refractivity (Wildman–Crippen MR) is 176 cm³/mol. The molecule has 15 heteroatoms. The van der Waals surface area contributed by atoms with Gasteiger partial charge in [0.2, 0.25) is 22.2 Å². The molecule has 0 spiro atoms. The Morgan fingerprint density at radius 2 is 1.66 bits per heavy atom. The molecule has 1 amide bonds.